The summed E-state index contributed by atoms with van der Waals surface area (Å²) >= 11 is 0.794. The quantitative estimate of drug-likeness (QED) is 0.819. The SMILES string of the molecule is CC(C)CNS(=O)(=O)c1scnc1C(=O)O. The summed E-state index contributed by atoms with van der Waals surface area (Å²) in [4.78, 5) is 14.2. The summed E-state index contributed by atoms with van der Waals surface area (Å²) in [5.74, 6) is -1.19. The van der Waals surface area contributed by atoms with Gasteiger partial charge in [-0.25, -0.2) is 22.9 Å². The summed E-state index contributed by atoms with van der Waals surface area (Å²) in [5, 5.41) is 8.75. The van der Waals surface area contributed by atoms with Crippen LogP contribution in [-0.4, -0.2) is 31.0 Å². The van der Waals surface area contributed by atoms with E-state index in [-0.39, 0.29) is 16.7 Å². The molecule has 1 aromatic heterocycles. The monoisotopic (exact) mass is 264 g/mol. The zero-order chi connectivity index (χ0) is 12.3. The van der Waals surface area contributed by atoms with Crippen molar-refractivity contribution in [2.45, 2.75) is 18.1 Å². The first-order valence-corrected chi connectivity index (χ1v) is 6.87. The highest BCUT2D eigenvalue weighted by Gasteiger charge is 2.25. The van der Waals surface area contributed by atoms with Crippen molar-refractivity contribution in [1.82, 2.24) is 9.71 Å². The van der Waals surface area contributed by atoms with E-state index in [9.17, 15) is 13.2 Å². The van der Waals surface area contributed by atoms with E-state index < -0.39 is 21.7 Å². The van der Waals surface area contributed by atoms with Crippen LogP contribution in [0.15, 0.2) is 9.72 Å². The van der Waals surface area contributed by atoms with Crippen LogP contribution in [0.3, 0.4) is 0 Å². The molecule has 1 heterocycles. The second-order valence-electron chi connectivity index (χ2n) is 3.54. The van der Waals surface area contributed by atoms with Crippen molar-refractivity contribution < 1.29 is 18.3 Å². The fourth-order valence-corrected chi connectivity index (χ4v) is 3.31. The minimum absolute atomic E-state index is 0.149. The maximum Gasteiger partial charge on any atom is 0.356 e. The highest BCUT2D eigenvalue weighted by atomic mass is 32.2. The van der Waals surface area contributed by atoms with Gasteiger partial charge in [0.05, 0.1) is 5.51 Å². The zero-order valence-electron chi connectivity index (χ0n) is 8.80. The number of sulfonamides is 1. The van der Waals surface area contributed by atoms with E-state index in [1.807, 2.05) is 13.8 Å². The van der Waals surface area contributed by atoms with Crippen molar-refractivity contribution in [1.29, 1.82) is 0 Å². The Morgan fingerprint density at radius 3 is 2.75 bits per heavy atom. The molecule has 2 N–H and O–H groups in total. The van der Waals surface area contributed by atoms with Crippen LogP contribution in [0.25, 0.3) is 0 Å². The van der Waals surface area contributed by atoms with Crippen LogP contribution in [0.2, 0.25) is 0 Å². The largest absolute Gasteiger partial charge is 0.476 e. The fourth-order valence-electron chi connectivity index (χ4n) is 0.911. The predicted octanol–water partition coefficient (Wildman–Crippen LogP) is 0.776. The summed E-state index contributed by atoms with van der Waals surface area (Å²) in [7, 11) is -3.76. The van der Waals surface area contributed by atoms with Crippen LogP contribution >= 0.6 is 11.3 Å². The number of carboxylic acids is 1. The Bertz CT molecular complexity index is 478. The molecule has 0 spiro atoms. The average molecular weight is 264 g/mol. The Kier molecular flexibility index (Phi) is 4.00. The zero-order valence-corrected chi connectivity index (χ0v) is 10.4. The lowest BCUT2D eigenvalue weighted by molar-refractivity contribution is 0.0687. The molecule has 0 aromatic carbocycles. The van der Waals surface area contributed by atoms with Crippen molar-refractivity contribution >= 4 is 27.3 Å². The molecule has 0 amide bonds. The summed E-state index contributed by atoms with van der Waals surface area (Å²) in [6.45, 7) is 3.97. The molecule has 0 unspecified atom stereocenters. The van der Waals surface area contributed by atoms with E-state index in [2.05, 4.69) is 9.71 Å². The van der Waals surface area contributed by atoms with E-state index in [0.717, 1.165) is 11.3 Å². The Labute approximate surface area is 97.4 Å². The summed E-state index contributed by atoms with van der Waals surface area (Å²) < 4.78 is 25.5. The van der Waals surface area contributed by atoms with Crippen molar-refractivity contribution in [3.8, 4) is 0 Å². The Hall–Kier alpha value is -0.990. The standard InChI is InChI=1S/C8H12N2O4S2/c1-5(2)3-10-16(13,14)8-6(7(11)12)9-4-15-8/h4-5,10H,3H2,1-2H3,(H,11,12). The summed E-state index contributed by atoms with van der Waals surface area (Å²) in [6.07, 6.45) is 0. The minimum atomic E-state index is -3.76. The second kappa shape index (κ2) is 4.89. The van der Waals surface area contributed by atoms with Crippen LogP contribution in [-0.2, 0) is 10.0 Å². The van der Waals surface area contributed by atoms with Crippen LogP contribution in [0.4, 0.5) is 0 Å². The fraction of sp³-hybridized carbons (Fsp3) is 0.500. The molecule has 0 aliphatic heterocycles. The summed E-state index contributed by atoms with van der Waals surface area (Å²) in [6, 6.07) is 0. The molecule has 0 atom stereocenters. The third-order valence-electron chi connectivity index (χ3n) is 1.66. The number of thiazole rings is 1. The maximum atomic E-state index is 11.7. The molecule has 1 aromatic rings. The Morgan fingerprint density at radius 2 is 2.25 bits per heavy atom. The van der Waals surface area contributed by atoms with Gasteiger partial charge >= 0.3 is 5.97 Å². The number of rotatable bonds is 5. The molecule has 1 rings (SSSR count). The molecule has 0 fully saturated rings. The molecule has 16 heavy (non-hydrogen) atoms. The first-order valence-electron chi connectivity index (χ1n) is 4.51. The van der Waals surface area contributed by atoms with E-state index in [1.54, 1.807) is 0 Å². The molecule has 0 radical (unpaired) electrons. The van der Waals surface area contributed by atoms with Gasteiger partial charge in [0.2, 0.25) is 0 Å². The molecule has 6 nitrogen and oxygen atoms in total. The third kappa shape index (κ3) is 3.00. The number of nitrogens with one attached hydrogen (secondary N) is 1. The van der Waals surface area contributed by atoms with E-state index in [1.165, 1.54) is 5.51 Å². The van der Waals surface area contributed by atoms with Gasteiger partial charge < -0.3 is 5.11 Å². The minimum Gasteiger partial charge on any atom is -0.476 e. The normalized spacial score (nSPS) is 11.9. The van der Waals surface area contributed by atoms with Crippen molar-refractivity contribution in [2.24, 2.45) is 5.92 Å². The van der Waals surface area contributed by atoms with Gasteiger partial charge in [-0.2, -0.15) is 0 Å². The number of hydrogen-bond acceptors (Lipinski definition) is 5. The van der Waals surface area contributed by atoms with Gasteiger partial charge in [0, 0.05) is 6.54 Å². The van der Waals surface area contributed by atoms with Gasteiger partial charge in [-0.05, 0) is 5.92 Å². The molecule has 0 bridgehead atoms. The lowest BCUT2D eigenvalue weighted by Crippen LogP contribution is -2.28. The van der Waals surface area contributed by atoms with Crippen molar-refractivity contribution in [2.75, 3.05) is 6.54 Å². The second-order valence-corrected chi connectivity index (χ2v) is 6.36. The molecular formula is C8H12N2O4S2. The van der Waals surface area contributed by atoms with Gasteiger partial charge in [0.25, 0.3) is 10.0 Å². The number of hydrogen-bond donors (Lipinski definition) is 2. The molecular weight excluding hydrogens is 252 g/mol. The Balaban J connectivity index is 2.99. The highest BCUT2D eigenvalue weighted by molar-refractivity contribution is 7.91. The maximum absolute atomic E-state index is 11.7. The van der Waals surface area contributed by atoms with E-state index in [4.69, 9.17) is 5.11 Å². The Morgan fingerprint density at radius 1 is 1.62 bits per heavy atom. The van der Waals surface area contributed by atoms with Crippen molar-refractivity contribution in [3.63, 3.8) is 0 Å². The van der Waals surface area contributed by atoms with Gasteiger partial charge in [-0.1, -0.05) is 13.8 Å². The number of nitrogens with zero attached hydrogens (tertiary/aromatic N) is 1. The van der Waals surface area contributed by atoms with E-state index in [0.29, 0.717) is 0 Å². The smallest absolute Gasteiger partial charge is 0.356 e. The van der Waals surface area contributed by atoms with E-state index >= 15 is 0 Å². The first kappa shape index (κ1) is 13.1. The molecule has 0 saturated carbocycles. The van der Waals surface area contributed by atoms with Gasteiger partial charge in [-0.3, -0.25) is 0 Å². The average Bonchev–Trinajstić information content (AvgIpc) is 2.63. The number of aromatic nitrogens is 1. The molecule has 8 heteroatoms. The van der Waals surface area contributed by atoms with Gasteiger partial charge in [0.15, 0.2) is 9.90 Å². The molecule has 0 aliphatic carbocycles. The molecule has 0 saturated heterocycles. The number of aromatic carboxylic acids is 1. The number of carbonyl (C=O) groups is 1. The van der Waals surface area contributed by atoms with Crippen molar-refractivity contribution in [3.05, 3.63) is 11.2 Å². The highest BCUT2D eigenvalue weighted by Crippen LogP contribution is 2.19. The lowest BCUT2D eigenvalue weighted by Gasteiger charge is -2.07. The predicted molar refractivity (Wildman–Crippen MR) is 59.1 cm³/mol. The molecule has 0 aliphatic rings. The molecule has 90 valence electrons. The van der Waals surface area contributed by atoms with Gasteiger partial charge in [-0.15, -0.1) is 11.3 Å². The number of carboxylic acid groups (broad SMARTS) is 1. The van der Waals surface area contributed by atoms with Gasteiger partial charge in [0.1, 0.15) is 0 Å². The third-order valence-corrected chi connectivity index (χ3v) is 4.46. The first-order chi connectivity index (χ1) is 7.34. The van der Waals surface area contributed by atoms with Crippen LogP contribution in [0.5, 0.6) is 0 Å². The lowest BCUT2D eigenvalue weighted by atomic mass is 10.2. The summed E-state index contributed by atoms with van der Waals surface area (Å²) in [5.41, 5.74) is 0.772. The van der Waals surface area contributed by atoms with Crippen LogP contribution < -0.4 is 4.72 Å². The topological polar surface area (TPSA) is 96.4 Å². The van der Waals surface area contributed by atoms with Crippen LogP contribution in [0, 0.1) is 5.92 Å². The van der Waals surface area contributed by atoms with Crippen LogP contribution in [0.1, 0.15) is 24.3 Å².